The van der Waals surface area contributed by atoms with Crippen LogP contribution in [0.2, 0.25) is 0 Å². The highest BCUT2D eigenvalue weighted by atomic mass is 32.1. The van der Waals surface area contributed by atoms with Gasteiger partial charge in [-0.25, -0.2) is 0 Å². The minimum absolute atomic E-state index is 0.278. The average Bonchev–Trinajstić information content (AvgIpc) is 3.17. The maximum atomic E-state index is 13.0. The predicted octanol–water partition coefficient (Wildman–Crippen LogP) is 2.94. The van der Waals surface area contributed by atoms with E-state index in [1.165, 1.54) is 4.88 Å². The number of carbonyl (C=O) groups excluding carboxylic acids is 1. The van der Waals surface area contributed by atoms with E-state index >= 15 is 0 Å². The van der Waals surface area contributed by atoms with Gasteiger partial charge in [-0.1, -0.05) is 13.0 Å². The standard InChI is InChI=1S/C15H22N2OS/c1-2-15(8-5-9-16-15)14(18)17-10-3-6-12(17)13-7-4-11-19-13/h4,7,11-12,16H,2-3,5-6,8-10H2,1H3. The smallest absolute Gasteiger partial charge is 0.243 e. The summed E-state index contributed by atoms with van der Waals surface area (Å²) in [6.45, 7) is 4.04. The Morgan fingerprint density at radius 1 is 1.58 bits per heavy atom. The molecule has 0 saturated carbocycles. The highest BCUT2D eigenvalue weighted by Crippen LogP contribution is 2.37. The second-order valence-electron chi connectivity index (χ2n) is 5.64. The summed E-state index contributed by atoms with van der Waals surface area (Å²) in [5.74, 6) is 0.336. The Morgan fingerprint density at radius 2 is 2.47 bits per heavy atom. The first kappa shape index (κ1) is 13.1. The average molecular weight is 278 g/mol. The van der Waals surface area contributed by atoms with Crippen LogP contribution >= 0.6 is 11.3 Å². The van der Waals surface area contributed by atoms with E-state index in [1.807, 2.05) is 0 Å². The van der Waals surface area contributed by atoms with E-state index in [-0.39, 0.29) is 5.54 Å². The maximum absolute atomic E-state index is 13.0. The molecule has 1 aromatic rings. The van der Waals surface area contributed by atoms with Gasteiger partial charge in [-0.3, -0.25) is 4.79 Å². The lowest BCUT2D eigenvalue weighted by Crippen LogP contribution is -2.54. The van der Waals surface area contributed by atoms with Crippen LogP contribution in [0.4, 0.5) is 0 Å². The molecule has 0 aliphatic carbocycles. The molecule has 4 heteroatoms. The van der Waals surface area contributed by atoms with Gasteiger partial charge in [-0.15, -0.1) is 11.3 Å². The molecule has 1 aromatic heterocycles. The van der Waals surface area contributed by atoms with Crippen LogP contribution in [0.25, 0.3) is 0 Å². The molecule has 1 amide bonds. The van der Waals surface area contributed by atoms with Crippen molar-refractivity contribution in [2.75, 3.05) is 13.1 Å². The van der Waals surface area contributed by atoms with Crippen molar-refractivity contribution in [2.45, 2.75) is 50.6 Å². The lowest BCUT2D eigenvalue weighted by molar-refractivity contribution is -0.139. The second kappa shape index (κ2) is 5.25. The maximum Gasteiger partial charge on any atom is 0.243 e. The third kappa shape index (κ3) is 2.21. The van der Waals surface area contributed by atoms with Gasteiger partial charge in [-0.2, -0.15) is 0 Å². The molecule has 104 valence electrons. The summed E-state index contributed by atoms with van der Waals surface area (Å²) in [4.78, 5) is 16.4. The number of carbonyl (C=O) groups is 1. The Balaban J connectivity index is 1.82. The van der Waals surface area contributed by atoms with E-state index in [2.05, 4.69) is 34.7 Å². The van der Waals surface area contributed by atoms with Crippen LogP contribution < -0.4 is 5.32 Å². The fraction of sp³-hybridized carbons (Fsp3) is 0.667. The van der Waals surface area contributed by atoms with Gasteiger partial charge in [0.25, 0.3) is 0 Å². The molecule has 3 nitrogen and oxygen atoms in total. The van der Waals surface area contributed by atoms with Gasteiger partial charge >= 0.3 is 0 Å². The number of amides is 1. The molecule has 2 saturated heterocycles. The quantitative estimate of drug-likeness (QED) is 0.922. The Labute approximate surface area is 119 Å². The van der Waals surface area contributed by atoms with Gasteiger partial charge in [0.15, 0.2) is 0 Å². The molecule has 0 bridgehead atoms. The largest absolute Gasteiger partial charge is 0.333 e. The van der Waals surface area contributed by atoms with Gasteiger partial charge < -0.3 is 10.2 Å². The molecule has 19 heavy (non-hydrogen) atoms. The lowest BCUT2D eigenvalue weighted by Gasteiger charge is -2.34. The molecule has 2 aliphatic rings. The molecular weight excluding hydrogens is 256 g/mol. The van der Waals surface area contributed by atoms with Crippen LogP contribution in [0.15, 0.2) is 17.5 Å². The first-order valence-corrected chi connectivity index (χ1v) is 8.24. The molecule has 2 unspecified atom stereocenters. The second-order valence-corrected chi connectivity index (χ2v) is 6.62. The summed E-state index contributed by atoms with van der Waals surface area (Å²) >= 11 is 1.78. The molecule has 2 atom stereocenters. The normalized spacial score (nSPS) is 31.0. The Morgan fingerprint density at radius 3 is 3.11 bits per heavy atom. The molecule has 0 aromatic carbocycles. The highest BCUT2D eigenvalue weighted by Gasteiger charge is 2.44. The van der Waals surface area contributed by atoms with E-state index < -0.39 is 0 Å². The van der Waals surface area contributed by atoms with Crippen molar-refractivity contribution in [1.82, 2.24) is 10.2 Å². The fourth-order valence-corrected chi connectivity index (χ4v) is 4.38. The lowest BCUT2D eigenvalue weighted by atomic mass is 9.92. The first-order valence-electron chi connectivity index (χ1n) is 7.36. The molecule has 3 heterocycles. The van der Waals surface area contributed by atoms with E-state index in [0.717, 1.165) is 45.2 Å². The molecule has 2 aliphatic heterocycles. The minimum Gasteiger partial charge on any atom is -0.333 e. The Kier molecular flexibility index (Phi) is 3.63. The van der Waals surface area contributed by atoms with Gasteiger partial charge in [0.1, 0.15) is 0 Å². The minimum atomic E-state index is -0.278. The third-order valence-electron chi connectivity index (χ3n) is 4.64. The number of hydrogen-bond donors (Lipinski definition) is 1. The third-order valence-corrected chi connectivity index (χ3v) is 5.62. The zero-order chi connectivity index (χ0) is 13.3. The summed E-state index contributed by atoms with van der Waals surface area (Å²) in [7, 11) is 0. The number of nitrogens with one attached hydrogen (secondary N) is 1. The van der Waals surface area contributed by atoms with Crippen molar-refractivity contribution < 1.29 is 4.79 Å². The summed E-state index contributed by atoms with van der Waals surface area (Å²) in [5, 5.41) is 5.59. The molecule has 2 fully saturated rings. The first-order chi connectivity index (χ1) is 9.27. The monoisotopic (exact) mass is 278 g/mol. The SMILES string of the molecule is CCC1(C(=O)N2CCCC2c2cccs2)CCCN1. The van der Waals surface area contributed by atoms with E-state index in [9.17, 15) is 4.79 Å². The van der Waals surface area contributed by atoms with Gasteiger partial charge in [0.2, 0.25) is 5.91 Å². The van der Waals surface area contributed by atoms with E-state index in [4.69, 9.17) is 0 Å². The molecule has 0 radical (unpaired) electrons. The Bertz CT molecular complexity index is 437. The van der Waals surface area contributed by atoms with Crippen LogP contribution in [0.5, 0.6) is 0 Å². The van der Waals surface area contributed by atoms with Crippen molar-refractivity contribution in [2.24, 2.45) is 0 Å². The van der Waals surface area contributed by atoms with Crippen LogP contribution in [0, 0.1) is 0 Å². The van der Waals surface area contributed by atoms with Crippen molar-refractivity contribution in [1.29, 1.82) is 0 Å². The highest BCUT2D eigenvalue weighted by molar-refractivity contribution is 7.10. The fourth-order valence-electron chi connectivity index (χ4n) is 3.50. The molecule has 1 N–H and O–H groups in total. The van der Waals surface area contributed by atoms with Crippen molar-refractivity contribution in [3.05, 3.63) is 22.4 Å². The zero-order valence-corrected chi connectivity index (χ0v) is 12.3. The molecule has 3 rings (SSSR count). The number of rotatable bonds is 3. The van der Waals surface area contributed by atoms with Crippen LogP contribution in [0.1, 0.15) is 49.9 Å². The summed E-state index contributed by atoms with van der Waals surface area (Å²) in [5.41, 5.74) is -0.278. The van der Waals surface area contributed by atoms with Gasteiger partial charge in [-0.05, 0) is 50.1 Å². The topological polar surface area (TPSA) is 32.3 Å². The van der Waals surface area contributed by atoms with E-state index in [0.29, 0.717) is 11.9 Å². The van der Waals surface area contributed by atoms with Crippen LogP contribution in [0.3, 0.4) is 0 Å². The zero-order valence-electron chi connectivity index (χ0n) is 11.5. The van der Waals surface area contributed by atoms with Gasteiger partial charge in [0.05, 0.1) is 11.6 Å². The van der Waals surface area contributed by atoms with Crippen LogP contribution in [-0.4, -0.2) is 29.4 Å². The number of hydrogen-bond acceptors (Lipinski definition) is 3. The predicted molar refractivity (Wildman–Crippen MR) is 78.3 cm³/mol. The van der Waals surface area contributed by atoms with Crippen molar-refractivity contribution in [3.8, 4) is 0 Å². The van der Waals surface area contributed by atoms with E-state index in [1.54, 1.807) is 11.3 Å². The summed E-state index contributed by atoms with van der Waals surface area (Å²) < 4.78 is 0. The Hall–Kier alpha value is -0.870. The summed E-state index contributed by atoms with van der Waals surface area (Å²) in [6, 6.07) is 4.57. The summed E-state index contributed by atoms with van der Waals surface area (Å²) in [6.07, 6.45) is 5.27. The molecular formula is C15H22N2OS. The number of thiophene rings is 1. The van der Waals surface area contributed by atoms with Gasteiger partial charge in [0, 0.05) is 11.4 Å². The number of nitrogens with zero attached hydrogens (tertiary/aromatic N) is 1. The molecule has 0 spiro atoms. The van der Waals surface area contributed by atoms with Crippen LogP contribution in [-0.2, 0) is 4.79 Å². The van der Waals surface area contributed by atoms with Crippen molar-refractivity contribution in [3.63, 3.8) is 0 Å². The van der Waals surface area contributed by atoms with Crippen molar-refractivity contribution >= 4 is 17.2 Å². The number of likely N-dealkylation sites (tertiary alicyclic amines) is 1.